The maximum atomic E-state index is 12.4. The Bertz CT molecular complexity index is 586. The summed E-state index contributed by atoms with van der Waals surface area (Å²) in [4.78, 5) is 12.4. The predicted octanol–water partition coefficient (Wildman–Crippen LogP) is 3.31. The van der Waals surface area contributed by atoms with Gasteiger partial charge in [-0.25, -0.2) is 0 Å². The Hall–Kier alpha value is -0.450. The molecule has 9 atom stereocenters. The van der Waals surface area contributed by atoms with Gasteiger partial charge in [0.25, 0.3) is 0 Å². The maximum absolute atomic E-state index is 12.4. The van der Waals surface area contributed by atoms with E-state index in [2.05, 4.69) is 6.92 Å². The number of rotatable bonds is 0. The Kier molecular flexibility index (Phi) is 3.54. The predicted molar refractivity (Wildman–Crippen MR) is 92.7 cm³/mol. The molecule has 0 spiro atoms. The first-order valence-corrected chi connectivity index (χ1v) is 10.4. The van der Waals surface area contributed by atoms with Gasteiger partial charge in [0.1, 0.15) is 5.78 Å². The van der Waals surface area contributed by atoms with Gasteiger partial charge < -0.3 is 14.6 Å². The number of aliphatic hydroxyl groups excluding tert-OH is 1. The molecule has 1 saturated heterocycles. The van der Waals surface area contributed by atoms with Crippen LogP contribution in [0.5, 0.6) is 0 Å². The van der Waals surface area contributed by atoms with E-state index in [1.54, 1.807) is 0 Å². The Morgan fingerprint density at radius 2 is 1.76 bits per heavy atom. The van der Waals surface area contributed by atoms with Gasteiger partial charge in [0.05, 0.1) is 18.3 Å². The topological polar surface area (TPSA) is 55.8 Å². The van der Waals surface area contributed by atoms with E-state index in [1.807, 2.05) is 13.8 Å². The fourth-order valence-corrected chi connectivity index (χ4v) is 7.60. The van der Waals surface area contributed by atoms with Crippen LogP contribution in [0.4, 0.5) is 0 Å². The van der Waals surface area contributed by atoms with E-state index >= 15 is 0 Å². The van der Waals surface area contributed by atoms with Crippen LogP contribution >= 0.6 is 0 Å². The summed E-state index contributed by atoms with van der Waals surface area (Å²) in [6, 6.07) is 0. The third kappa shape index (κ3) is 2.26. The smallest absolute Gasteiger partial charge is 0.163 e. The minimum absolute atomic E-state index is 0.0747. The number of carbonyl (C=O) groups excluding carboxylic acids is 1. The molecule has 5 aliphatic rings. The molecule has 4 aliphatic carbocycles. The largest absolute Gasteiger partial charge is 0.393 e. The van der Waals surface area contributed by atoms with Crippen LogP contribution < -0.4 is 0 Å². The fraction of sp³-hybridized carbons (Fsp3) is 0.952. The number of fused-ring (bicyclic) bond motifs is 8. The molecule has 5 unspecified atom stereocenters. The zero-order valence-corrected chi connectivity index (χ0v) is 15.7. The number of Topliss-reactive ketones (excluding diaryl/α,β-unsaturated/α-hetero) is 1. The third-order valence-corrected chi connectivity index (χ3v) is 8.58. The van der Waals surface area contributed by atoms with Gasteiger partial charge in [-0.05, 0) is 81.5 Å². The van der Waals surface area contributed by atoms with Gasteiger partial charge in [-0.3, -0.25) is 4.79 Å². The second kappa shape index (κ2) is 5.30. The first-order valence-electron chi connectivity index (χ1n) is 10.4. The van der Waals surface area contributed by atoms with Crippen LogP contribution in [0.1, 0.15) is 65.7 Å². The molecule has 0 bridgehead atoms. The summed E-state index contributed by atoms with van der Waals surface area (Å²) >= 11 is 0. The lowest BCUT2D eigenvalue weighted by Crippen LogP contribution is -2.62. The summed E-state index contributed by atoms with van der Waals surface area (Å²) < 4.78 is 12.9. The van der Waals surface area contributed by atoms with Crippen molar-refractivity contribution in [2.24, 2.45) is 35.0 Å². The molecule has 0 radical (unpaired) electrons. The molecule has 140 valence electrons. The molecule has 0 amide bonds. The summed E-state index contributed by atoms with van der Waals surface area (Å²) in [5.41, 5.74) is 0.214. The van der Waals surface area contributed by atoms with Gasteiger partial charge in [-0.2, -0.15) is 0 Å². The van der Waals surface area contributed by atoms with Gasteiger partial charge in [0, 0.05) is 12.3 Å². The van der Waals surface area contributed by atoms with Crippen molar-refractivity contribution in [3.8, 4) is 0 Å². The number of ether oxygens (including phenoxy) is 2. The summed E-state index contributed by atoms with van der Waals surface area (Å²) in [6.07, 6.45) is 6.82. The average Bonchev–Trinajstić information content (AvgIpc) is 3.08. The molecule has 5 rings (SSSR count). The average molecular weight is 348 g/mol. The quantitative estimate of drug-likeness (QED) is 0.730. The van der Waals surface area contributed by atoms with Gasteiger partial charge in [-0.1, -0.05) is 6.92 Å². The molecule has 1 heterocycles. The van der Waals surface area contributed by atoms with E-state index in [9.17, 15) is 9.90 Å². The minimum atomic E-state index is -0.552. The summed E-state index contributed by atoms with van der Waals surface area (Å²) in [5, 5.41) is 10.4. The number of carbonyl (C=O) groups is 1. The van der Waals surface area contributed by atoms with Crippen LogP contribution in [0, 0.1) is 35.0 Å². The Labute approximate surface area is 150 Å². The normalized spacial score (nSPS) is 56.7. The second-order valence-corrected chi connectivity index (χ2v) is 10.1. The highest BCUT2D eigenvalue weighted by Crippen LogP contribution is 2.65. The van der Waals surface area contributed by atoms with Crippen LogP contribution in [-0.2, 0) is 14.3 Å². The molecule has 0 aromatic carbocycles. The second-order valence-electron chi connectivity index (χ2n) is 10.1. The van der Waals surface area contributed by atoms with Crippen LogP contribution in [-0.4, -0.2) is 35.0 Å². The fourth-order valence-electron chi connectivity index (χ4n) is 7.60. The lowest BCUT2D eigenvalue weighted by atomic mass is 9.45. The molecule has 4 heteroatoms. The highest BCUT2D eigenvalue weighted by atomic mass is 16.8. The van der Waals surface area contributed by atoms with Crippen molar-refractivity contribution in [1.29, 1.82) is 0 Å². The van der Waals surface area contributed by atoms with E-state index in [0.717, 1.165) is 44.9 Å². The van der Waals surface area contributed by atoms with Crippen LogP contribution in [0.2, 0.25) is 0 Å². The van der Waals surface area contributed by atoms with E-state index in [1.165, 1.54) is 0 Å². The molecule has 0 aromatic heterocycles. The molecule has 25 heavy (non-hydrogen) atoms. The number of ketones is 1. The highest BCUT2D eigenvalue weighted by Gasteiger charge is 2.66. The molecule has 4 nitrogen and oxygen atoms in total. The molecule has 5 fully saturated rings. The Morgan fingerprint density at radius 3 is 2.56 bits per heavy atom. The Balaban J connectivity index is 1.57. The number of hydrogen-bond acceptors (Lipinski definition) is 4. The zero-order chi connectivity index (χ0) is 17.6. The van der Waals surface area contributed by atoms with Gasteiger partial charge in [-0.15, -0.1) is 0 Å². The highest BCUT2D eigenvalue weighted by molar-refractivity contribution is 5.83. The van der Waals surface area contributed by atoms with Crippen molar-refractivity contribution in [3.05, 3.63) is 0 Å². The van der Waals surface area contributed by atoms with E-state index < -0.39 is 5.79 Å². The first-order chi connectivity index (χ1) is 11.8. The number of hydrogen-bond donors (Lipinski definition) is 1. The van der Waals surface area contributed by atoms with Crippen molar-refractivity contribution >= 4 is 5.78 Å². The lowest BCUT2D eigenvalue weighted by molar-refractivity contribution is -0.176. The molecular formula is C21H32O4. The lowest BCUT2D eigenvalue weighted by Gasteiger charge is -2.61. The molecule has 4 saturated carbocycles. The van der Waals surface area contributed by atoms with Gasteiger partial charge in [0.15, 0.2) is 5.79 Å². The SMILES string of the molecule is CC1(C)O[C@@H]2C3C4CCC(=O)C4CCC3[C@@]3(C)CC[C@H](O)CC3[C@H]2O1. The monoisotopic (exact) mass is 348 g/mol. The van der Waals surface area contributed by atoms with Crippen molar-refractivity contribution < 1.29 is 19.4 Å². The zero-order valence-electron chi connectivity index (χ0n) is 15.7. The van der Waals surface area contributed by atoms with Crippen molar-refractivity contribution in [1.82, 2.24) is 0 Å². The molecule has 1 aliphatic heterocycles. The molecular weight excluding hydrogens is 316 g/mol. The van der Waals surface area contributed by atoms with Gasteiger partial charge in [0.2, 0.25) is 0 Å². The van der Waals surface area contributed by atoms with Crippen molar-refractivity contribution in [3.63, 3.8) is 0 Å². The summed E-state index contributed by atoms with van der Waals surface area (Å²) in [6.45, 7) is 6.50. The van der Waals surface area contributed by atoms with Crippen LogP contribution in [0.15, 0.2) is 0 Å². The van der Waals surface area contributed by atoms with E-state index in [0.29, 0.717) is 29.5 Å². The molecule has 1 N–H and O–H groups in total. The van der Waals surface area contributed by atoms with Crippen molar-refractivity contribution in [2.45, 2.75) is 89.8 Å². The first kappa shape index (κ1) is 16.7. The van der Waals surface area contributed by atoms with Crippen molar-refractivity contribution in [2.75, 3.05) is 0 Å². The van der Waals surface area contributed by atoms with E-state index in [-0.39, 0.29) is 29.6 Å². The third-order valence-electron chi connectivity index (χ3n) is 8.58. The summed E-state index contributed by atoms with van der Waals surface area (Å²) in [5.74, 6) is 2.12. The van der Waals surface area contributed by atoms with Gasteiger partial charge >= 0.3 is 0 Å². The molecule has 0 aromatic rings. The van der Waals surface area contributed by atoms with Crippen LogP contribution in [0.3, 0.4) is 0 Å². The Morgan fingerprint density at radius 1 is 1.00 bits per heavy atom. The number of aliphatic hydroxyl groups is 1. The standard InChI is InChI=1S/C21H32O4/c1-20(2)24-18-15-10-11(22)8-9-21(15,3)14-6-4-12-13(5-7-16(12)23)17(14)19(18)25-20/h11-15,17-19,22H,4-10H2,1-3H3/t11-,12?,13?,14?,15?,17?,18+,19+,21+/m0/s1. The minimum Gasteiger partial charge on any atom is -0.393 e. The maximum Gasteiger partial charge on any atom is 0.163 e. The van der Waals surface area contributed by atoms with E-state index in [4.69, 9.17) is 9.47 Å². The van der Waals surface area contributed by atoms with Crippen LogP contribution in [0.25, 0.3) is 0 Å². The summed E-state index contributed by atoms with van der Waals surface area (Å²) in [7, 11) is 0.